The first-order valence-corrected chi connectivity index (χ1v) is 11.5. The van der Waals surface area contributed by atoms with Crippen molar-refractivity contribution in [1.29, 1.82) is 0 Å². The Labute approximate surface area is 198 Å². The Morgan fingerprint density at radius 1 is 1.00 bits per heavy atom. The third kappa shape index (κ3) is 3.51. The van der Waals surface area contributed by atoms with Crippen LogP contribution >= 0.6 is 15.9 Å². The Balaban J connectivity index is 1.76. The highest BCUT2D eigenvalue weighted by atomic mass is 79.9. The standard InChI is InChI=1S/C27H20BrNO4/c1-3-16-4-6-18(7-5-16)24-23-25(31)21-14-19(28)10-13-22(21)33-26(23)27(32)29(24)20-11-8-17(9-12-20)15(2)30/h4-14,24H,3H2,1-2H3. The maximum Gasteiger partial charge on any atom is 0.295 e. The maximum absolute atomic E-state index is 13.6. The Kier molecular flexibility index (Phi) is 5.25. The van der Waals surface area contributed by atoms with Gasteiger partial charge in [0.25, 0.3) is 5.91 Å². The van der Waals surface area contributed by atoms with E-state index in [0.29, 0.717) is 27.8 Å². The van der Waals surface area contributed by atoms with Crippen LogP contribution in [0.5, 0.6) is 0 Å². The molecule has 1 atom stereocenters. The van der Waals surface area contributed by atoms with Gasteiger partial charge in [-0.05, 0) is 66.9 Å². The topological polar surface area (TPSA) is 67.6 Å². The minimum Gasteiger partial charge on any atom is -0.450 e. The monoisotopic (exact) mass is 501 g/mol. The van der Waals surface area contributed by atoms with Crippen molar-refractivity contribution < 1.29 is 14.0 Å². The van der Waals surface area contributed by atoms with E-state index < -0.39 is 6.04 Å². The fraction of sp³-hybridized carbons (Fsp3) is 0.148. The summed E-state index contributed by atoms with van der Waals surface area (Å²) in [7, 11) is 0. The molecule has 6 heteroatoms. The van der Waals surface area contributed by atoms with Crippen LogP contribution in [-0.4, -0.2) is 11.7 Å². The number of Topliss-reactive ketones (excluding diaryl/α,β-unsaturated/α-hetero) is 1. The number of ketones is 1. The molecule has 2 heterocycles. The molecule has 0 saturated heterocycles. The van der Waals surface area contributed by atoms with Crippen LogP contribution in [0.1, 0.15) is 57.5 Å². The lowest BCUT2D eigenvalue weighted by Gasteiger charge is -2.25. The number of carbonyl (C=O) groups is 2. The minimum atomic E-state index is -0.638. The van der Waals surface area contributed by atoms with E-state index in [-0.39, 0.29) is 22.9 Å². The number of anilines is 1. The van der Waals surface area contributed by atoms with Gasteiger partial charge in [-0.3, -0.25) is 19.3 Å². The molecule has 0 spiro atoms. The van der Waals surface area contributed by atoms with E-state index in [4.69, 9.17) is 4.42 Å². The molecule has 0 N–H and O–H groups in total. The van der Waals surface area contributed by atoms with Crippen molar-refractivity contribution >= 4 is 44.3 Å². The summed E-state index contributed by atoms with van der Waals surface area (Å²) in [5, 5.41) is 0.417. The number of amides is 1. The normalized spacial score (nSPS) is 15.2. The Morgan fingerprint density at radius 3 is 2.33 bits per heavy atom. The Bertz CT molecular complexity index is 1470. The molecule has 1 amide bonds. The molecule has 1 aliphatic heterocycles. The second kappa shape index (κ2) is 8.12. The Morgan fingerprint density at radius 2 is 1.70 bits per heavy atom. The highest BCUT2D eigenvalue weighted by molar-refractivity contribution is 9.10. The number of aryl methyl sites for hydroxylation is 1. The third-order valence-corrected chi connectivity index (χ3v) is 6.58. The average molecular weight is 502 g/mol. The van der Waals surface area contributed by atoms with Crippen LogP contribution < -0.4 is 10.3 Å². The maximum atomic E-state index is 13.6. The molecule has 0 saturated carbocycles. The van der Waals surface area contributed by atoms with E-state index in [0.717, 1.165) is 22.0 Å². The number of nitrogens with zero attached hydrogens (tertiary/aromatic N) is 1. The van der Waals surface area contributed by atoms with Crippen LogP contribution in [0.4, 0.5) is 5.69 Å². The van der Waals surface area contributed by atoms with Crippen molar-refractivity contribution in [2.45, 2.75) is 26.3 Å². The molecular formula is C27H20BrNO4. The minimum absolute atomic E-state index is 0.0510. The molecule has 0 fully saturated rings. The number of rotatable bonds is 4. The van der Waals surface area contributed by atoms with Crippen molar-refractivity contribution in [3.63, 3.8) is 0 Å². The average Bonchev–Trinajstić information content (AvgIpc) is 3.12. The molecule has 4 aromatic rings. The van der Waals surface area contributed by atoms with Crippen LogP contribution in [-0.2, 0) is 6.42 Å². The highest BCUT2D eigenvalue weighted by Crippen LogP contribution is 2.41. The highest BCUT2D eigenvalue weighted by Gasteiger charge is 2.43. The zero-order chi connectivity index (χ0) is 23.3. The number of hydrogen-bond acceptors (Lipinski definition) is 4. The summed E-state index contributed by atoms with van der Waals surface area (Å²) in [5.74, 6) is -0.389. The summed E-state index contributed by atoms with van der Waals surface area (Å²) in [6, 6.07) is 19.3. The zero-order valence-electron chi connectivity index (χ0n) is 18.1. The first kappa shape index (κ1) is 21.3. The predicted octanol–water partition coefficient (Wildman–Crippen LogP) is 6.07. The number of carbonyl (C=O) groups excluding carboxylic acids is 2. The second-order valence-corrected chi connectivity index (χ2v) is 9.01. The molecule has 0 bridgehead atoms. The lowest BCUT2D eigenvalue weighted by molar-refractivity contribution is 0.0970. The van der Waals surface area contributed by atoms with Gasteiger partial charge in [-0.1, -0.05) is 47.1 Å². The largest absolute Gasteiger partial charge is 0.450 e. The molecule has 1 unspecified atom stereocenters. The van der Waals surface area contributed by atoms with Gasteiger partial charge in [0.15, 0.2) is 11.2 Å². The van der Waals surface area contributed by atoms with Gasteiger partial charge in [0.1, 0.15) is 5.58 Å². The predicted molar refractivity (Wildman–Crippen MR) is 131 cm³/mol. The van der Waals surface area contributed by atoms with Gasteiger partial charge in [-0.15, -0.1) is 0 Å². The second-order valence-electron chi connectivity index (χ2n) is 8.09. The molecule has 1 aromatic heterocycles. The van der Waals surface area contributed by atoms with Crippen molar-refractivity contribution in [2.24, 2.45) is 0 Å². The van der Waals surface area contributed by atoms with E-state index in [9.17, 15) is 14.4 Å². The molecule has 5 rings (SSSR count). The van der Waals surface area contributed by atoms with Crippen LogP contribution in [0.3, 0.4) is 0 Å². The lowest BCUT2D eigenvalue weighted by Crippen LogP contribution is -2.29. The van der Waals surface area contributed by atoms with E-state index in [2.05, 4.69) is 22.9 Å². The van der Waals surface area contributed by atoms with Gasteiger partial charge in [-0.2, -0.15) is 0 Å². The molecule has 0 radical (unpaired) electrons. The summed E-state index contributed by atoms with van der Waals surface area (Å²) in [6.07, 6.45) is 0.886. The number of benzene rings is 3. The van der Waals surface area contributed by atoms with Crippen molar-refractivity contribution in [3.05, 3.63) is 109 Å². The molecule has 164 valence electrons. The number of hydrogen-bond donors (Lipinski definition) is 0. The van der Waals surface area contributed by atoms with Gasteiger partial charge in [0, 0.05) is 15.7 Å². The van der Waals surface area contributed by atoms with Gasteiger partial charge in [0.2, 0.25) is 5.76 Å². The van der Waals surface area contributed by atoms with E-state index in [1.807, 2.05) is 24.3 Å². The third-order valence-electron chi connectivity index (χ3n) is 6.09. The van der Waals surface area contributed by atoms with Crippen LogP contribution in [0, 0.1) is 0 Å². The van der Waals surface area contributed by atoms with Gasteiger partial charge in [0.05, 0.1) is 17.0 Å². The first-order chi connectivity index (χ1) is 15.9. The molecule has 0 aliphatic carbocycles. The van der Waals surface area contributed by atoms with Gasteiger partial charge in [-0.25, -0.2) is 0 Å². The van der Waals surface area contributed by atoms with Crippen LogP contribution in [0.2, 0.25) is 0 Å². The van der Waals surface area contributed by atoms with E-state index in [1.54, 1.807) is 47.4 Å². The SMILES string of the molecule is CCc1ccc(C2c3c(oc4ccc(Br)cc4c3=O)C(=O)N2c2ccc(C(C)=O)cc2)cc1. The quantitative estimate of drug-likeness (QED) is 0.318. The summed E-state index contributed by atoms with van der Waals surface area (Å²) < 4.78 is 6.75. The summed E-state index contributed by atoms with van der Waals surface area (Å²) in [4.78, 5) is 40.6. The molecule has 1 aliphatic rings. The lowest BCUT2D eigenvalue weighted by atomic mass is 9.97. The fourth-order valence-electron chi connectivity index (χ4n) is 4.32. The molecule has 33 heavy (non-hydrogen) atoms. The van der Waals surface area contributed by atoms with E-state index >= 15 is 0 Å². The van der Waals surface area contributed by atoms with Crippen molar-refractivity contribution in [2.75, 3.05) is 4.90 Å². The summed E-state index contributed by atoms with van der Waals surface area (Å²) in [5.41, 5.74) is 3.58. The van der Waals surface area contributed by atoms with Crippen LogP contribution in [0.25, 0.3) is 11.0 Å². The zero-order valence-corrected chi connectivity index (χ0v) is 19.7. The molecule has 3 aromatic carbocycles. The van der Waals surface area contributed by atoms with E-state index in [1.165, 1.54) is 6.92 Å². The van der Waals surface area contributed by atoms with Gasteiger partial charge < -0.3 is 4.42 Å². The summed E-state index contributed by atoms with van der Waals surface area (Å²) >= 11 is 3.42. The number of halogens is 1. The molecule has 5 nitrogen and oxygen atoms in total. The Hall–Kier alpha value is -3.51. The fourth-order valence-corrected chi connectivity index (χ4v) is 4.68. The number of fused-ring (bicyclic) bond motifs is 2. The van der Waals surface area contributed by atoms with Crippen molar-refractivity contribution in [3.8, 4) is 0 Å². The molecular weight excluding hydrogens is 482 g/mol. The van der Waals surface area contributed by atoms with Crippen molar-refractivity contribution in [1.82, 2.24) is 0 Å². The first-order valence-electron chi connectivity index (χ1n) is 10.7. The smallest absolute Gasteiger partial charge is 0.295 e. The van der Waals surface area contributed by atoms with Crippen LogP contribution in [0.15, 0.2) is 80.4 Å². The van der Waals surface area contributed by atoms with Gasteiger partial charge >= 0.3 is 0 Å². The summed E-state index contributed by atoms with van der Waals surface area (Å²) in [6.45, 7) is 3.57.